The molecule has 204 valence electrons. The van der Waals surface area contributed by atoms with Gasteiger partial charge in [-0.05, 0) is 55.8 Å². The Morgan fingerprint density at radius 1 is 0.875 bits per heavy atom. The molecule has 2 aliphatic heterocycles. The number of rotatable bonds is 8. The number of hydrogen-bond donors (Lipinski definition) is 0. The molecule has 0 saturated carbocycles. The number of aromatic nitrogens is 4. The molecule has 0 atom stereocenters. The van der Waals surface area contributed by atoms with Crippen molar-refractivity contribution in [1.29, 1.82) is 0 Å². The normalized spacial score (nSPS) is 15.6. The smallest absolute Gasteiger partial charge is 0.247 e. The van der Waals surface area contributed by atoms with Gasteiger partial charge < -0.3 is 4.90 Å². The summed E-state index contributed by atoms with van der Waals surface area (Å²) in [5.41, 5.74) is 5.18. The van der Waals surface area contributed by atoms with Crippen LogP contribution in [0.2, 0.25) is 10.0 Å². The predicted octanol–water partition coefficient (Wildman–Crippen LogP) is 5.59. The van der Waals surface area contributed by atoms with Crippen molar-refractivity contribution < 1.29 is 4.79 Å². The van der Waals surface area contributed by atoms with Gasteiger partial charge in [0.15, 0.2) is 5.82 Å². The lowest BCUT2D eigenvalue weighted by Gasteiger charge is -2.13. The Morgan fingerprint density at radius 3 is 2.52 bits per heavy atom. The monoisotopic (exact) mass is 573 g/mol. The molecule has 4 heterocycles. The second kappa shape index (κ2) is 11.9. The molecule has 0 radical (unpaired) electrons. The molecule has 0 unspecified atom stereocenters. The average molecular weight is 575 g/mol. The van der Waals surface area contributed by atoms with E-state index in [1.165, 1.54) is 30.9 Å². The highest BCUT2D eigenvalue weighted by Gasteiger charge is 2.23. The lowest BCUT2D eigenvalue weighted by atomic mass is 10.1. The van der Waals surface area contributed by atoms with Crippen LogP contribution in [0, 0.1) is 0 Å². The van der Waals surface area contributed by atoms with E-state index in [0.717, 1.165) is 46.6 Å². The van der Waals surface area contributed by atoms with E-state index in [4.69, 9.17) is 23.2 Å². The molecule has 0 aliphatic carbocycles. The maximum Gasteiger partial charge on any atom is 0.247 e. The van der Waals surface area contributed by atoms with Gasteiger partial charge in [-0.1, -0.05) is 41.4 Å². The SMILES string of the molecule is O=C(Cc1cccc(-c2ncc(-c3cnn(CCN4CCCC4)c3)cn2)c1)N1CCC(c2cc(Cl)ccc2Cl)=N1. The minimum Gasteiger partial charge on any atom is -0.301 e. The average Bonchev–Trinajstić information content (AvgIpc) is 3.76. The molecule has 10 heteroatoms. The van der Waals surface area contributed by atoms with E-state index >= 15 is 0 Å². The molecule has 1 fully saturated rings. The van der Waals surface area contributed by atoms with E-state index in [1.807, 2.05) is 53.7 Å². The molecule has 8 nitrogen and oxygen atoms in total. The van der Waals surface area contributed by atoms with Crippen LogP contribution in [0.25, 0.3) is 22.5 Å². The van der Waals surface area contributed by atoms with Gasteiger partial charge in [0, 0.05) is 63.9 Å². The van der Waals surface area contributed by atoms with Crippen molar-refractivity contribution in [2.24, 2.45) is 5.10 Å². The molecule has 2 aromatic heterocycles. The Hall–Kier alpha value is -3.59. The van der Waals surface area contributed by atoms with Gasteiger partial charge in [-0.2, -0.15) is 10.2 Å². The van der Waals surface area contributed by atoms with Gasteiger partial charge in [-0.3, -0.25) is 9.48 Å². The molecule has 40 heavy (non-hydrogen) atoms. The summed E-state index contributed by atoms with van der Waals surface area (Å²) in [6, 6.07) is 13.0. The Morgan fingerprint density at radius 2 is 1.70 bits per heavy atom. The summed E-state index contributed by atoms with van der Waals surface area (Å²) < 4.78 is 1.99. The molecule has 0 bridgehead atoms. The van der Waals surface area contributed by atoms with E-state index in [0.29, 0.717) is 28.8 Å². The highest BCUT2D eigenvalue weighted by molar-refractivity contribution is 6.36. The maximum absolute atomic E-state index is 13.0. The van der Waals surface area contributed by atoms with Crippen LogP contribution in [-0.2, 0) is 17.8 Å². The summed E-state index contributed by atoms with van der Waals surface area (Å²) >= 11 is 12.5. The number of nitrogens with zero attached hydrogens (tertiary/aromatic N) is 7. The number of carbonyl (C=O) groups excluding carboxylic acids is 1. The number of hydrazone groups is 1. The minimum absolute atomic E-state index is 0.0803. The Balaban J connectivity index is 1.09. The van der Waals surface area contributed by atoms with Crippen LogP contribution in [0.15, 0.2) is 72.4 Å². The second-order valence-electron chi connectivity index (χ2n) is 10.2. The first-order valence-electron chi connectivity index (χ1n) is 13.5. The number of halogens is 2. The van der Waals surface area contributed by atoms with Gasteiger partial charge in [-0.15, -0.1) is 0 Å². The fourth-order valence-corrected chi connectivity index (χ4v) is 5.54. The van der Waals surface area contributed by atoms with Gasteiger partial charge in [0.05, 0.1) is 31.4 Å². The van der Waals surface area contributed by atoms with Crippen LogP contribution in [0.3, 0.4) is 0 Å². The van der Waals surface area contributed by atoms with Crippen molar-refractivity contribution in [3.63, 3.8) is 0 Å². The Bertz CT molecular complexity index is 1540. The van der Waals surface area contributed by atoms with Gasteiger partial charge in [0.1, 0.15) is 0 Å². The number of benzene rings is 2. The number of amides is 1. The number of hydrogen-bond acceptors (Lipinski definition) is 6. The lowest BCUT2D eigenvalue weighted by molar-refractivity contribution is -0.130. The van der Waals surface area contributed by atoms with Crippen molar-refractivity contribution in [3.05, 3.63) is 88.4 Å². The fourth-order valence-electron chi connectivity index (χ4n) is 5.14. The van der Waals surface area contributed by atoms with Crippen LogP contribution >= 0.6 is 23.2 Å². The summed E-state index contributed by atoms with van der Waals surface area (Å²) in [4.78, 5) is 24.7. The lowest BCUT2D eigenvalue weighted by Crippen LogP contribution is -2.25. The topological polar surface area (TPSA) is 79.5 Å². The first kappa shape index (κ1) is 26.6. The molecule has 0 N–H and O–H groups in total. The second-order valence-corrected chi connectivity index (χ2v) is 11.0. The molecule has 1 amide bonds. The maximum atomic E-state index is 13.0. The Labute approximate surface area is 243 Å². The van der Waals surface area contributed by atoms with Crippen molar-refractivity contribution in [2.45, 2.75) is 32.2 Å². The summed E-state index contributed by atoms with van der Waals surface area (Å²) in [5.74, 6) is 0.528. The Kier molecular flexibility index (Phi) is 7.91. The van der Waals surface area contributed by atoms with Gasteiger partial charge in [-0.25, -0.2) is 15.0 Å². The molecule has 1 saturated heterocycles. The molecule has 4 aromatic rings. The highest BCUT2D eigenvalue weighted by Crippen LogP contribution is 2.26. The minimum atomic E-state index is -0.0803. The van der Waals surface area contributed by atoms with E-state index < -0.39 is 0 Å². The molecular formula is C30H29Cl2N7O. The van der Waals surface area contributed by atoms with E-state index in [2.05, 4.69) is 25.1 Å². The summed E-state index contributed by atoms with van der Waals surface area (Å²) in [5, 5.41) is 11.7. The first-order chi connectivity index (χ1) is 19.5. The standard InChI is InChI=1S/C30H29Cl2N7O/c31-25-6-7-27(32)26(16-25)28-8-11-39(36-28)29(40)15-21-4-3-5-22(14-21)30-33-17-23(18-34-30)24-19-35-38(20-24)13-12-37-9-1-2-10-37/h3-7,14,16-20H,1-2,8-13,15H2. The zero-order valence-corrected chi connectivity index (χ0v) is 23.5. The zero-order valence-electron chi connectivity index (χ0n) is 22.0. The largest absolute Gasteiger partial charge is 0.301 e. The van der Waals surface area contributed by atoms with Gasteiger partial charge >= 0.3 is 0 Å². The summed E-state index contributed by atoms with van der Waals surface area (Å²) in [6.45, 7) is 4.78. The van der Waals surface area contributed by atoms with E-state index in [-0.39, 0.29) is 12.3 Å². The predicted molar refractivity (Wildman–Crippen MR) is 157 cm³/mol. The van der Waals surface area contributed by atoms with Crippen molar-refractivity contribution in [2.75, 3.05) is 26.2 Å². The molecule has 6 rings (SSSR count). The van der Waals surface area contributed by atoms with E-state index in [1.54, 1.807) is 18.2 Å². The van der Waals surface area contributed by atoms with Crippen molar-refractivity contribution in [1.82, 2.24) is 29.7 Å². The number of likely N-dealkylation sites (tertiary alicyclic amines) is 1. The number of carbonyl (C=O) groups is 1. The quantitative estimate of drug-likeness (QED) is 0.274. The molecular weight excluding hydrogens is 545 g/mol. The van der Waals surface area contributed by atoms with Crippen molar-refractivity contribution >= 4 is 34.8 Å². The zero-order chi connectivity index (χ0) is 27.5. The van der Waals surface area contributed by atoms with Gasteiger partial charge in [0.25, 0.3) is 0 Å². The van der Waals surface area contributed by atoms with E-state index in [9.17, 15) is 4.79 Å². The molecule has 2 aliphatic rings. The van der Waals surface area contributed by atoms with Crippen LogP contribution < -0.4 is 0 Å². The molecule has 0 spiro atoms. The third-order valence-electron chi connectivity index (χ3n) is 7.33. The molecule has 2 aromatic carbocycles. The third kappa shape index (κ3) is 6.09. The summed E-state index contributed by atoms with van der Waals surface area (Å²) in [7, 11) is 0. The van der Waals surface area contributed by atoms with Crippen LogP contribution in [-0.4, -0.2) is 67.5 Å². The fraction of sp³-hybridized carbons (Fsp3) is 0.300. The summed E-state index contributed by atoms with van der Waals surface area (Å²) in [6.07, 6.45) is 11.0. The van der Waals surface area contributed by atoms with Gasteiger partial charge in [0.2, 0.25) is 5.91 Å². The third-order valence-corrected chi connectivity index (χ3v) is 7.90. The first-order valence-corrected chi connectivity index (χ1v) is 14.3. The van der Waals surface area contributed by atoms with Crippen LogP contribution in [0.5, 0.6) is 0 Å². The van der Waals surface area contributed by atoms with Crippen LogP contribution in [0.1, 0.15) is 30.4 Å². The highest BCUT2D eigenvalue weighted by atomic mass is 35.5. The van der Waals surface area contributed by atoms with Crippen molar-refractivity contribution in [3.8, 4) is 22.5 Å². The van der Waals surface area contributed by atoms with Crippen LogP contribution in [0.4, 0.5) is 0 Å².